The molecule has 2 aromatic rings. The summed E-state index contributed by atoms with van der Waals surface area (Å²) < 4.78 is 5.51. The number of terminal acetylenes is 1. The molecule has 2 rings (SSSR count). The summed E-state index contributed by atoms with van der Waals surface area (Å²) in [6, 6.07) is 8.70. The Hall–Kier alpha value is -2.87. The van der Waals surface area contributed by atoms with Gasteiger partial charge >= 0.3 is 5.97 Å². The molecule has 0 fully saturated rings. The first-order valence-corrected chi connectivity index (χ1v) is 6.80. The third-order valence-electron chi connectivity index (χ3n) is 3.01. The van der Waals surface area contributed by atoms with Gasteiger partial charge in [-0.1, -0.05) is 6.07 Å². The maximum absolute atomic E-state index is 12.3. The van der Waals surface area contributed by atoms with Crippen molar-refractivity contribution in [1.82, 2.24) is 9.97 Å². The Balaban J connectivity index is 2.18. The fourth-order valence-electron chi connectivity index (χ4n) is 1.87. The van der Waals surface area contributed by atoms with Crippen molar-refractivity contribution in [2.45, 2.75) is 12.5 Å². The Morgan fingerprint density at radius 1 is 1.32 bits per heavy atom. The van der Waals surface area contributed by atoms with E-state index in [-0.39, 0.29) is 6.42 Å². The molecular weight excluding hydrogens is 278 g/mol. The van der Waals surface area contributed by atoms with Gasteiger partial charge in [0.15, 0.2) is 6.10 Å². The second kappa shape index (κ2) is 7.23. The SMILES string of the molecule is C#CC[C@H](OC(=O)c1ccnc(N(C)C)c1)c1ccccn1. The van der Waals surface area contributed by atoms with Crippen molar-refractivity contribution in [3.8, 4) is 12.3 Å². The van der Waals surface area contributed by atoms with Gasteiger partial charge in [0.25, 0.3) is 0 Å². The third-order valence-corrected chi connectivity index (χ3v) is 3.01. The monoisotopic (exact) mass is 295 g/mol. The van der Waals surface area contributed by atoms with Crippen LogP contribution in [0.2, 0.25) is 0 Å². The number of carbonyl (C=O) groups is 1. The molecule has 0 unspecified atom stereocenters. The van der Waals surface area contributed by atoms with Crippen LogP contribution in [0.3, 0.4) is 0 Å². The highest BCUT2D eigenvalue weighted by atomic mass is 16.5. The summed E-state index contributed by atoms with van der Waals surface area (Å²) in [5.41, 5.74) is 1.06. The van der Waals surface area contributed by atoms with Gasteiger partial charge in [0.1, 0.15) is 5.82 Å². The Bertz CT molecular complexity index is 678. The average Bonchev–Trinajstić information content (AvgIpc) is 2.55. The summed E-state index contributed by atoms with van der Waals surface area (Å²) in [6.07, 6.45) is 8.29. The number of pyridine rings is 2. The second-order valence-corrected chi connectivity index (χ2v) is 4.85. The number of hydrogen-bond donors (Lipinski definition) is 0. The number of hydrogen-bond acceptors (Lipinski definition) is 5. The van der Waals surface area contributed by atoms with Crippen LogP contribution in [-0.4, -0.2) is 30.0 Å². The molecule has 0 amide bonds. The molecule has 0 N–H and O–H groups in total. The molecule has 1 atom stereocenters. The zero-order chi connectivity index (χ0) is 15.9. The minimum atomic E-state index is -0.560. The number of esters is 1. The summed E-state index contributed by atoms with van der Waals surface area (Å²) in [4.78, 5) is 22.5. The number of rotatable bonds is 5. The van der Waals surface area contributed by atoms with Gasteiger partial charge in [-0.3, -0.25) is 4.98 Å². The Labute approximate surface area is 130 Å². The van der Waals surface area contributed by atoms with Crippen LogP contribution >= 0.6 is 0 Å². The van der Waals surface area contributed by atoms with E-state index in [4.69, 9.17) is 11.2 Å². The zero-order valence-electron chi connectivity index (χ0n) is 12.6. The quantitative estimate of drug-likeness (QED) is 0.626. The van der Waals surface area contributed by atoms with Crippen molar-refractivity contribution in [1.29, 1.82) is 0 Å². The van der Waals surface area contributed by atoms with E-state index in [0.29, 0.717) is 17.1 Å². The standard InChI is InChI=1S/C17H17N3O2/c1-4-7-15(14-8-5-6-10-18-14)22-17(21)13-9-11-19-16(12-13)20(2)3/h1,5-6,8-12,15H,7H2,2-3H3/t15-/m0/s1. The number of carbonyl (C=O) groups excluding carboxylic acids is 1. The van der Waals surface area contributed by atoms with Crippen LogP contribution in [0.1, 0.15) is 28.6 Å². The molecule has 0 radical (unpaired) electrons. The highest BCUT2D eigenvalue weighted by Gasteiger charge is 2.18. The first-order chi connectivity index (χ1) is 10.6. The van der Waals surface area contributed by atoms with E-state index >= 15 is 0 Å². The molecule has 0 aliphatic rings. The van der Waals surface area contributed by atoms with Gasteiger partial charge in [0.2, 0.25) is 0 Å². The first kappa shape index (κ1) is 15.5. The summed E-state index contributed by atoms with van der Waals surface area (Å²) in [7, 11) is 3.71. The van der Waals surface area contributed by atoms with Crippen LogP contribution < -0.4 is 4.90 Å². The molecule has 0 aromatic carbocycles. The van der Waals surface area contributed by atoms with Gasteiger partial charge in [0, 0.05) is 26.5 Å². The fraction of sp³-hybridized carbons (Fsp3) is 0.235. The molecule has 2 aromatic heterocycles. The lowest BCUT2D eigenvalue weighted by Crippen LogP contribution is -2.15. The van der Waals surface area contributed by atoms with E-state index in [1.165, 1.54) is 0 Å². The molecule has 0 aliphatic carbocycles. The average molecular weight is 295 g/mol. The lowest BCUT2D eigenvalue weighted by Gasteiger charge is -2.16. The largest absolute Gasteiger partial charge is 0.451 e. The van der Waals surface area contributed by atoms with Crippen LogP contribution in [0.5, 0.6) is 0 Å². The minimum absolute atomic E-state index is 0.272. The molecule has 0 saturated carbocycles. The molecule has 5 nitrogen and oxygen atoms in total. The maximum atomic E-state index is 12.3. The van der Waals surface area contributed by atoms with Crippen LogP contribution in [0.15, 0.2) is 42.7 Å². The summed E-state index contributed by atoms with van der Waals surface area (Å²) >= 11 is 0. The van der Waals surface area contributed by atoms with Crippen molar-refractivity contribution in [3.63, 3.8) is 0 Å². The molecule has 5 heteroatoms. The number of ether oxygens (including phenoxy) is 1. The van der Waals surface area contributed by atoms with Crippen LogP contribution in [0.25, 0.3) is 0 Å². The highest BCUT2D eigenvalue weighted by Crippen LogP contribution is 2.21. The summed E-state index contributed by atoms with van der Waals surface area (Å²) in [6.45, 7) is 0. The predicted molar refractivity (Wildman–Crippen MR) is 84.4 cm³/mol. The lowest BCUT2D eigenvalue weighted by molar-refractivity contribution is 0.0298. The van der Waals surface area contributed by atoms with Crippen LogP contribution in [-0.2, 0) is 4.74 Å². The van der Waals surface area contributed by atoms with Gasteiger partial charge in [-0.25, -0.2) is 9.78 Å². The highest BCUT2D eigenvalue weighted by molar-refractivity contribution is 5.90. The normalized spacial score (nSPS) is 11.3. The van der Waals surface area contributed by atoms with Gasteiger partial charge in [-0.05, 0) is 24.3 Å². The van der Waals surface area contributed by atoms with Crippen LogP contribution in [0.4, 0.5) is 5.82 Å². The summed E-state index contributed by atoms with van der Waals surface area (Å²) in [5.74, 6) is 2.75. The van der Waals surface area contributed by atoms with Gasteiger partial charge in [-0.2, -0.15) is 0 Å². The zero-order valence-corrected chi connectivity index (χ0v) is 12.6. The van der Waals surface area contributed by atoms with E-state index < -0.39 is 12.1 Å². The topological polar surface area (TPSA) is 55.3 Å². The van der Waals surface area contributed by atoms with E-state index in [9.17, 15) is 4.79 Å². The molecule has 0 spiro atoms. The van der Waals surface area contributed by atoms with Crippen molar-refractivity contribution in [2.75, 3.05) is 19.0 Å². The van der Waals surface area contributed by atoms with Crippen molar-refractivity contribution in [2.24, 2.45) is 0 Å². The van der Waals surface area contributed by atoms with Gasteiger partial charge in [0.05, 0.1) is 17.7 Å². The molecular formula is C17H17N3O2. The molecule has 2 heterocycles. The second-order valence-electron chi connectivity index (χ2n) is 4.85. The number of nitrogens with zero attached hydrogens (tertiary/aromatic N) is 3. The van der Waals surface area contributed by atoms with E-state index in [1.54, 1.807) is 36.7 Å². The maximum Gasteiger partial charge on any atom is 0.339 e. The first-order valence-electron chi connectivity index (χ1n) is 6.80. The van der Waals surface area contributed by atoms with E-state index in [1.807, 2.05) is 25.1 Å². The molecule has 0 aliphatic heterocycles. The number of aromatic nitrogens is 2. The van der Waals surface area contributed by atoms with Gasteiger partial charge in [-0.15, -0.1) is 12.3 Å². The van der Waals surface area contributed by atoms with E-state index in [0.717, 1.165) is 0 Å². The molecule has 0 saturated heterocycles. The lowest BCUT2D eigenvalue weighted by atomic mass is 10.1. The Morgan fingerprint density at radius 2 is 2.14 bits per heavy atom. The molecule has 22 heavy (non-hydrogen) atoms. The van der Waals surface area contributed by atoms with Gasteiger partial charge < -0.3 is 9.64 Å². The predicted octanol–water partition coefficient (Wildman–Crippen LogP) is 2.46. The van der Waals surface area contributed by atoms with E-state index in [2.05, 4.69) is 15.9 Å². The minimum Gasteiger partial charge on any atom is -0.451 e. The van der Waals surface area contributed by atoms with Crippen molar-refractivity contribution in [3.05, 3.63) is 54.0 Å². The third kappa shape index (κ3) is 3.83. The summed E-state index contributed by atoms with van der Waals surface area (Å²) in [5, 5.41) is 0. The van der Waals surface area contributed by atoms with Crippen molar-refractivity contribution < 1.29 is 9.53 Å². The number of anilines is 1. The molecule has 0 bridgehead atoms. The molecule has 112 valence electrons. The Kier molecular flexibility index (Phi) is 5.10. The smallest absolute Gasteiger partial charge is 0.339 e. The Morgan fingerprint density at radius 3 is 2.77 bits per heavy atom. The fourth-order valence-corrected chi connectivity index (χ4v) is 1.87. The van der Waals surface area contributed by atoms with Crippen molar-refractivity contribution >= 4 is 11.8 Å². The van der Waals surface area contributed by atoms with Crippen LogP contribution in [0, 0.1) is 12.3 Å².